The monoisotopic (exact) mass is 606 g/mol. The molecular formula is C35H58O8. The molecule has 1 saturated heterocycles. The molecule has 8 nitrogen and oxygen atoms in total. The number of aliphatic hydroxyl groups excluding tert-OH is 5. The van der Waals surface area contributed by atoms with Crippen LogP contribution in [0.2, 0.25) is 0 Å². The number of hydrogen-bond donors (Lipinski definition) is 5. The van der Waals surface area contributed by atoms with E-state index in [1.165, 1.54) is 0 Å². The van der Waals surface area contributed by atoms with Crippen molar-refractivity contribution in [2.24, 2.45) is 56.2 Å². The highest BCUT2D eigenvalue weighted by Crippen LogP contribution is 2.78. The molecule has 6 aliphatic rings. The summed E-state index contributed by atoms with van der Waals surface area (Å²) in [5.74, 6) is 0.613. The molecule has 6 rings (SSSR count). The largest absolute Gasteiger partial charge is 0.393 e. The SMILES string of the molecule is CC(=O)C1(C)CCC2(C)C1C(O)CC1(C)C2C(O)CC2C3(C)CCC(OC4OCC(O)C(O)C4O)C(C)(C)C3CCC21C. The van der Waals surface area contributed by atoms with Crippen LogP contribution in [0.15, 0.2) is 0 Å². The molecule has 0 radical (unpaired) electrons. The summed E-state index contributed by atoms with van der Waals surface area (Å²) in [6.07, 6.45) is 0.676. The van der Waals surface area contributed by atoms with E-state index in [9.17, 15) is 30.3 Å². The predicted octanol–water partition coefficient (Wildman–Crippen LogP) is 3.83. The Morgan fingerprint density at radius 1 is 0.721 bits per heavy atom. The van der Waals surface area contributed by atoms with Crippen molar-refractivity contribution in [3.63, 3.8) is 0 Å². The van der Waals surface area contributed by atoms with Crippen LogP contribution in [-0.4, -0.2) is 80.8 Å². The molecular weight excluding hydrogens is 548 g/mol. The molecule has 246 valence electrons. The first-order chi connectivity index (χ1) is 19.8. The smallest absolute Gasteiger partial charge is 0.186 e. The summed E-state index contributed by atoms with van der Waals surface area (Å²) in [7, 11) is 0. The first-order valence-corrected chi connectivity index (χ1v) is 17.0. The van der Waals surface area contributed by atoms with Crippen molar-refractivity contribution in [2.45, 2.75) is 150 Å². The van der Waals surface area contributed by atoms with Gasteiger partial charge in [0.1, 0.15) is 24.1 Å². The maximum Gasteiger partial charge on any atom is 0.186 e. The first kappa shape index (κ1) is 32.3. The molecule has 0 aromatic carbocycles. The fourth-order valence-corrected chi connectivity index (χ4v) is 13.5. The zero-order valence-corrected chi connectivity index (χ0v) is 27.7. The van der Waals surface area contributed by atoms with Gasteiger partial charge in [0.25, 0.3) is 0 Å². The third-order valence-corrected chi connectivity index (χ3v) is 15.7. The minimum absolute atomic E-state index is 0.0235. The fourth-order valence-electron chi connectivity index (χ4n) is 13.5. The zero-order valence-electron chi connectivity index (χ0n) is 27.7. The van der Waals surface area contributed by atoms with E-state index < -0.39 is 42.2 Å². The molecule has 5 saturated carbocycles. The van der Waals surface area contributed by atoms with Gasteiger partial charge in [0.05, 0.1) is 24.9 Å². The summed E-state index contributed by atoms with van der Waals surface area (Å²) in [5, 5.41) is 54.9. The average molecular weight is 607 g/mol. The normalized spacial score (nSPS) is 59.4. The third kappa shape index (κ3) is 4.08. The van der Waals surface area contributed by atoms with Crippen LogP contribution in [0.3, 0.4) is 0 Å². The fraction of sp³-hybridized carbons (Fsp3) is 0.971. The average Bonchev–Trinajstić information content (AvgIpc) is 3.19. The van der Waals surface area contributed by atoms with Crippen molar-refractivity contribution in [3.8, 4) is 0 Å². The highest BCUT2D eigenvalue weighted by Gasteiger charge is 2.75. The summed E-state index contributed by atoms with van der Waals surface area (Å²) in [5.41, 5.74) is -1.52. The summed E-state index contributed by atoms with van der Waals surface area (Å²) in [4.78, 5) is 13.0. The van der Waals surface area contributed by atoms with Gasteiger partial charge in [-0.2, -0.15) is 0 Å². The van der Waals surface area contributed by atoms with Crippen molar-refractivity contribution >= 4 is 5.78 Å². The number of ketones is 1. The molecule has 0 spiro atoms. The highest BCUT2D eigenvalue weighted by atomic mass is 16.7. The lowest BCUT2D eigenvalue weighted by atomic mass is 9.31. The van der Waals surface area contributed by atoms with E-state index in [4.69, 9.17) is 9.47 Å². The molecule has 0 bridgehead atoms. The molecule has 0 amide bonds. The molecule has 8 heteroatoms. The summed E-state index contributed by atoms with van der Waals surface area (Å²) in [6.45, 7) is 17.6. The van der Waals surface area contributed by atoms with E-state index in [2.05, 4.69) is 41.5 Å². The molecule has 5 aliphatic carbocycles. The Balaban J connectivity index is 1.31. The second-order valence-electron chi connectivity index (χ2n) is 17.7. The maximum atomic E-state index is 13.0. The van der Waals surface area contributed by atoms with E-state index in [1.807, 2.05) is 6.92 Å². The number of hydrogen-bond acceptors (Lipinski definition) is 8. The zero-order chi connectivity index (χ0) is 31.7. The van der Waals surface area contributed by atoms with Gasteiger partial charge in [0.15, 0.2) is 6.29 Å². The Morgan fingerprint density at radius 3 is 2.05 bits per heavy atom. The van der Waals surface area contributed by atoms with Crippen LogP contribution in [-0.2, 0) is 14.3 Å². The van der Waals surface area contributed by atoms with Gasteiger partial charge in [-0.3, -0.25) is 4.79 Å². The summed E-state index contributed by atoms with van der Waals surface area (Å²) < 4.78 is 12.1. The van der Waals surface area contributed by atoms with E-state index >= 15 is 0 Å². The molecule has 6 fully saturated rings. The quantitative estimate of drug-likeness (QED) is 0.306. The van der Waals surface area contributed by atoms with Crippen LogP contribution in [0.5, 0.6) is 0 Å². The second-order valence-corrected chi connectivity index (χ2v) is 17.7. The van der Waals surface area contributed by atoms with Crippen molar-refractivity contribution in [1.82, 2.24) is 0 Å². The summed E-state index contributed by atoms with van der Waals surface area (Å²) in [6, 6.07) is 0. The lowest BCUT2D eigenvalue weighted by Crippen LogP contribution is -2.72. The third-order valence-electron chi connectivity index (χ3n) is 15.7. The lowest BCUT2D eigenvalue weighted by molar-refractivity contribution is -0.319. The molecule has 16 unspecified atom stereocenters. The number of aliphatic hydroxyl groups is 5. The number of rotatable bonds is 3. The first-order valence-electron chi connectivity index (χ1n) is 17.0. The summed E-state index contributed by atoms with van der Waals surface area (Å²) >= 11 is 0. The molecule has 1 aliphatic heterocycles. The van der Waals surface area contributed by atoms with Crippen LogP contribution in [0.1, 0.15) is 107 Å². The van der Waals surface area contributed by atoms with Gasteiger partial charge in [-0.15, -0.1) is 0 Å². The maximum absolute atomic E-state index is 13.0. The molecule has 5 N–H and O–H groups in total. The van der Waals surface area contributed by atoms with Crippen LogP contribution < -0.4 is 0 Å². The predicted molar refractivity (Wildman–Crippen MR) is 161 cm³/mol. The van der Waals surface area contributed by atoms with Crippen LogP contribution in [0, 0.1) is 56.2 Å². The van der Waals surface area contributed by atoms with Gasteiger partial charge in [-0.1, -0.05) is 48.5 Å². The van der Waals surface area contributed by atoms with E-state index in [-0.39, 0.29) is 63.3 Å². The van der Waals surface area contributed by atoms with Gasteiger partial charge in [-0.25, -0.2) is 0 Å². The minimum atomic E-state index is -1.31. The van der Waals surface area contributed by atoms with E-state index in [1.54, 1.807) is 6.92 Å². The van der Waals surface area contributed by atoms with Gasteiger partial charge in [0, 0.05) is 11.3 Å². The molecule has 16 atom stereocenters. The van der Waals surface area contributed by atoms with Crippen molar-refractivity contribution < 1.29 is 39.8 Å². The molecule has 0 aromatic rings. The molecule has 1 heterocycles. The van der Waals surface area contributed by atoms with E-state index in [0.29, 0.717) is 12.3 Å². The Labute approximate surface area is 257 Å². The van der Waals surface area contributed by atoms with Gasteiger partial charge >= 0.3 is 0 Å². The number of fused-ring (bicyclic) bond motifs is 7. The van der Waals surface area contributed by atoms with Gasteiger partial charge < -0.3 is 35.0 Å². The minimum Gasteiger partial charge on any atom is -0.393 e. The van der Waals surface area contributed by atoms with E-state index in [0.717, 1.165) is 44.9 Å². The Kier molecular flexibility index (Phi) is 7.48. The van der Waals surface area contributed by atoms with Crippen LogP contribution in [0.4, 0.5) is 0 Å². The molecule has 0 aromatic heterocycles. The van der Waals surface area contributed by atoms with Gasteiger partial charge in [0.2, 0.25) is 0 Å². The standard InChI is InChI=1S/C35H58O8/c1-18(36)31(4)13-14-33(6)27(31)20(38)16-35(8)28(33)19(37)15-23-32(5)11-10-24(30(2,3)22(32)9-12-34(23,35)7)43-29-26(41)25(40)21(39)17-42-29/h19-29,37-41H,9-17H2,1-8H3. The number of Topliss-reactive ketones (excluding diaryl/α,β-unsaturated/α-hetero) is 1. The Morgan fingerprint density at radius 2 is 1.40 bits per heavy atom. The van der Waals surface area contributed by atoms with Crippen molar-refractivity contribution in [2.75, 3.05) is 6.61 Å². The molecule has 43 heavy (non-hydrogen) atoms. The number of ether oxygens (including phenoxy) is 2. The van der Waals surface area contributed by atoms with Crippen LogP contribution >= 0.6 is 0 Å². The number of carbonyl (C=O) groups excluding carboxylic acids is 1. The lowest BCUT2D eigenvalue weighted by Gasteiger charge is -2.74. The Hall–Kier alpha value is -0.610. The second kappa shape index (κ2) is 9.95. The van der Waals surface area contributed by atoms with Gasteiger partial charge in [-0.05, 0) is 103 Å². The highest BCUT2D eigenvalue weighted by molar-refractivity contribution is 5.83. The van der Waals surface area contributed by atoms with Crippen molar-refractivity contribution in [1.29, 1.82) is 0 Å². The topological polar surface area (TPSA) is 137 Å². The van der Waals surface area contributed by atoms with Crippen LogP contribution in [0.25, 0.3) is 0 Å². The number of carbonyl (C=O) groups is 1. The van der Waals surface area contributed by atoms with Crippen molar-refractivity contribution in [3.05, 3.63) is 0 Å². The Bertz CT molecular complexity index is 1130.